The zero-order valence-electron chi connectivity index (χ0n) is 9.27. The second-order valence-corrected chi connectivity index (χ2v) is 4.14. The van der Waals surface area contributed by atoms with Crippen LogP contribution in [-0.2, 0) is 0 Å². The molecule has 0 saturated heterocycles. The molecule has 1 atom stereocenters. The Kier molecular flexibility index (Phi) is 3.36. The smallest absolute Gasteiger partial charge is 0.101 e. The topological polar surface area (TPSA) is 49.0 Å². The Balaban J connectivity index is 2.17. The number of hydrogen-bond donors (Lipinski definition) is 1. The summed E-state index contributed by atoms with van der Waals surface area (Å²) in [6.45, 7) is 2.02. The lowest BCUT2D eigenvalue weighted by atomic mass is 10.1. The summed E-state index contributed by atoms with van der Waals surface area (Å²) < 4.78 is 5.02. The van der Waals surface area contributed by atoms with Crippen molar-refractivity contribution in [3.05, 3.63) is 52.9 Å². The Morgan fingerprint density at radius 2 is 2.24 bits per heavy atom. The summed E-state index contributed by atoms with van der Waals surface area (Å²) in [4.78, 5) is 0. The normalized spacial score (nSPS) is 11.8. The highest BCUT2D eigenvalue weighted by Crippen LogP contribution is 2.23. The first-order valence-corrected chi connectivity index (χ1v) is 5.57. The van der Waals surface area contributed by atoms with Crippen molar-refractivity contribution in [1.82, 2.24) is 0 Å². The van der Waals surface area contributed by atoms with Gasteiger partial charge in [0.25, 0.3) is 0 Å². The van der Waals surface area contributed by atoms with E-state index in [1.54, 1.807) is 24.7 Å². The van der Waals surface area contributed by atoms with Crippen molar-refractivity contribution in [2.75, 3.05) is 5.32 Å². The van der Waals surface area contributed by atoms with Crippen LogP contribution in [0.25, 0.3) is 0 Å². The lowest BCUT2D eigenvalue weighted by Gasteiger charge is -2.13. The maximum atomic E-state index is 8.88. The van der Waals surface area contributed by atoms with Gasteiger partial charge in [-0.2, -0.15) is 5.26 Å². The van der Waals surface area contributed by atoms with E-state index in [-0.39, 0.29) is 6.04 Å². The minimum Gasteiger partial charge on any atom is -0.472 e. The molecule has 2 aromatic rings. The summed E-state index contributed by atoms with van der Waals surface area (Å²) >= 11 is 5.87. The van der Waals surface area contributed by atoms with Crippen LogP contribution in [0.15, 0.2) is 41.2 Å². The Hall–Kier alpha value is -1.92. The Labute approximate surface area is 105 Å². The number of nitrogens with one attached hydrogen (secondary N) is 1. The number of halogens is 1. The lowest BCUT2D eigenvalue weighted by Crippen LogP contribution is -2.05. The van der Waals surface area contributed by atoms with Crippen molar-refractivity contribution in [1.29, 1.82) is 5.26 Å². The molecule has 17 heavy (non-hydrogen) atoms. The first-order valence-electron chi connectivity index (χ1n) is 5.19. The fourth-order valence-electron chi connectivity index (χ4n) is 1.56. The van der Waals surface area contributed by atoms with Crippen LogP contribution >= 0.6 is 11.6 Å². The van der Waals surface area contributed by atoms with Gasteiger partial charge < -0.3 is 9.73 Å². The zero-order chi connectivity index (χ0) is 12.3. The van der Waals surface area contributed by atoms with Crippen LogP contribution in [-0.4, -0.2) is 0 Å². The fraction of sp³-hybridized carbons (Fsp3) is 0.154. The molecule has 0 saturated carbocycles. The number of rotatable bonds is 3. The highest BCUT2D eigenvalue weighted by atomic mass is 35.5. The van der Waals surface area contributed by atoms with Crippen LogP contribution in [0.1, 0.15) is 24.1 Å². The molecule has 0 spiro atoms. The molecule has 1 unspecified atom stereocenters. The highest BCUT2D eigenvalue weighted by Gasteiger charge is 2.07. The zero-order valence-corrected chi connectivity index (χ0v) is 10.0. The first kappa shape index (κ1) is 11.6. The van der Waals surface area contributed by atoms with E-state index in [1.165, 1.54) is 0 Å². The maximum Gasteiger partial charge on any atom is 0.101 e. The standard InChI is InChI=1S/C13H11ClN2O/c1-9(10-4-5-17-8-10)16-12-2-3-13(14)11(6-12)7-15/h2-6,8-9,16H,1H3. The van der Waals surface area contributed by atoms with Gasteiger partial charge in [0.05, 0.1) is 29.2 Å². The van der Waals surface area contributed by atoms with Gasteiger partial charge in [0.2, 0.25) is 0 Å². The summed E-state index contributed by atoms with van der Waals surface area (Å²) in [5.74, 6) is 0. The van der Waals surface area contributed by atoms with Crippen LogP contribution in [0.5, 0.6) is 0 Å². The average molecular weight is 247 g/mol. The van der Waals surface area contributed by atoms with E-state index < -0.39 is 0 Å². The van der Waals surface area contributed by atoms with Crippen LogP contribution in [0.2, 0.25) is 5.02 Å². The van der Waals surface area contributed by atoms with E-state index in [1.807, 2.05) is 19.1 Å². The van der Waals surface area contributed by atoms with Crippen molar-refractivity contribution < 1.29 is 4.42 Å². The molecule has 4 heteroatoms. The SMILES string of the molecule is CC(Nc1ccc(Cl)c(C#N)c1)c1ccoc1. The minimum absolute atomic E-state index is 0.112. The largest absolute Gasteiger partial charge is 0.472 e. The van der Waals surface area contributed by atoms with E-state index in [9.17, 15) is 0 Å². The summed E-state index contributed by atoms with van der Waals surface area (Å²) in [6.07, 6.45) is 3.33. The molecule has 0 fully saturated rings. The van der Waals surface area contributed by atoms with Crippen LogP contribution in [0, 0.1) is 11.3 Å². The Morgan fingerprint density at radius 3 is 2.88 bits per heavy atom. The van der Waals surface area contributed by atoms with Crippen molar-refractivity contribution in [3.63, 3.8) is 0 Å². The Morgan fingerprint density at radius 1 is 1.41 bits per heavy atom. The third kappa shape index (κ3) is 2.61. The van der Waals surface area contributed by atoms with Gasteiger partial charge in [-0.25, -0.2) is 0 Å². The first-order chi connectivity index (χ1) is 8.20. The van der Waals surface area contributed by atoms with Crippen molar-refractivity contribution in [2.45, 2.75) is 13.0 Å². The molecule has 3 nitrogen and oxygen atoms in total. The number of hydrogen-bond acceptors (Lipinski definition) is 3. The second kappa shape index (κ2) is 4.94. The monoisotopic (exact) mass is 246 g/mol. The van der Waals surface area contributed by atoms with Gasteiger partial charge in [-0.05, 0) is 31.2 Å². The lowest BCUT2D eigenvalue weighted by molar-refractivity contribution is 0.562. The highest BCUT2D eigenvalue weighted by molar-refractivity contribution is 6.31. The minimum atomic E-state index is 0.112. The average Bonchev–Trinajstić information content (AvgIpc) is 2.85. The van der Waals surface area contributed by atoms with Gasteiger partial charge in [0.15, 0.2) is 0 Å². The third-order valence-corrected chi connectivity index (χ3v) is 2.84. The van der Waals surface area contributed by atoms with Gasteiger partial charge in [-0.3, -0.25) is 0 Å². The molecule has 0 aliphatic carbocycles. The van der Waals surface area contributed by atoms with Crippen molar-refractivity contribution in [2.24, 2.45) is 0 Å². The second-order valence-electron chi connectivity index (χ2n) is 3.73. The van der Waals surface area contributed by atoms with E-state index in [4.69, 9.17) is 21.3 Å². The van der Waals surface area contributed by atoms with E-state index in [2.05, 4.69) is 11.4 Å². The number of nitriles is 1. The van der Waals surface area contributed by atoms with Crippen LogP contribution in [0.3, 0.4) is 0 Å². The summed E-state index contributed by atoms with van der Waals surface area (Å²) in [5.41, 5.74) is 2.38. The molecule has 1 heterocycles. The van der Waals surface area contributed by atoms with Gasteiger partial charge >= 0.3 is 0 Å². The predicted octanol–water partition coefficient (Wildman–Crippen LogP) is 3.98. The summed E-state index contributed by atoms with van der Waals surface area (Å²) in [6, 6.07) is 9.36. The Bertz CT molecular complexity index is 543. The number of benzene rings is 1. The van der Waals surface area contributed by atoms with Crippen molar-refractivity contribution in [3.8, 4) is 6.07 Å². The molecule has 0 aliphatic rings. The predicted molar refractivity (Wildman–Crippen MR) is 66.9 cm³/mol. The molecule has 86 valence electrons. The molecule has 1 N–H and O–H groups in total. The van der Waals surface area contributed by atoms with Gasteiger partial charge in [-0.1, -0.05) is 11.6 Å². The summed E-state index contributed by atoms with van der Waals surface area (Å²) in [7, 11) is 0. The van der Waals surface area contributed by atoms with Gasteiger partial charge in [0, 0.05) is 11.3 Å². The molecule has 0 radical (unpaired) electrons. The van der Waals surface area contributed by atoms with Gasteiger partial charge in [-0.15, -0.1) is 0 Å². The molecule has 2 rings (SSSR count). The molecule has 1 aromatic heterocycles. The molecule has 0 aliphatic heterocycles. The quantitative estimate of drug-likeness (QED) is 0.891. The van der Waals surface area contributed by atoms with Crippen LogP contribution in [0.4, 0.5) is 5.69 Å². The molecular weight excluding hydrogens is 236 g/mol. The summed E-state index contributed by atoms with van der Waals surface area (Å²) in [5, 5.41) is 12.6. The van der Waals surface area contributed by atoms with Crippen LogP contribution < -0.4 is 5.32 Å². The molecule has 0 amide bonds. The number of furan rings is 1. The van der Waals surface area contributed by atoms with Gasteiger partial charge in [0.1, 0.15) is 6.07 Å². The molecule has 0 bridgehead atoms. The van der Waals surface area contributed by atoms with E-state index in [0.29, 0.717) is 10.6 Å². The molecule has 1 aromatic carbocycles. The van der Waals surface area contributed by atoms with Crippen molar-refractivity contribution >= 4 is 17.3 Å². The number of nitrogens with zero attached hydrogens (tertiary/aromatic N) is 1. The van der Waals surface area contributed by atoms with E-state index in [0.717, 1.165) is 11.3 Å². The van der Waals surface area contributed by atoms with E-state index >= 15 is 0 Å². The molecular formula is C13H11ClN2O. The fourth-order valence-corrected chi connectivity index (χ4v) is 1.72. The third-order valence-electron chi connectivity index (χ3n) is 2.51. The maximum absolute atomic E-state index is 8.88. The number of anilines is 1.